The zero-order valence-corrected chi connectivity index (χ0v) is 16.4. The SMILES string of the molecule is CCCOc1ccc(/C=C2/SC(=O)N(CN3CCOCC3)C2=O)cc1OC. The van der Waals surface area contributed by atoms with Crippen LogP contribution in [0, 0.1) is 0 Å². The van der Waals surface area contributed by atoms with Gasteiger partial charge in [-0.1, -0.05) is 13.0 Å². The van der Waals surface area contributed by atoms with Crippen molar-refractivity contribution in [3.05, 3.63) is 28.7 Å². The number of amides is 2. The molecule has 2 heterocycles. The Labute approximate surface area is 163 Å². The Bertz CT molecular complexity index is 731. The zero-order valence-electron chi connectivity index (χ0n) is 15.6. The quantitative estimate of drug-likeness (QED) is 0.661. The smallest absolute Gasteiger partial charge is 0.294 e. The van der Waals surface area contributed by atoms with E-state index in [0.717, 1.165) is 36.8 Å². The highest BCUT2D eigenvalue weighted by atomic mass is 32.2. The highest BCUT2D eigenvalue weighted by Gasteiger charge is 2.36. The van der Waals surface area contributed by atoms with Crippen LogP contribution in [0.1, 0.15) is 18.9 Å². The molecule has 146 valence electrons. The summed E-state index contributed by atoms with van der Waals surface area (Å²) >= 11 is 0.965. The fraction of sp³-hybridized carbons (Fsp3) is 0.474. The summed E-state index contributed by atoms with van der Waals surface area (Å²) in [6, 6.07) is 5.47. The van der Waals surface area contributed by atoms with E-state index < -0.39 is 0 Å². The van der Waals surface area contributed by atoms with Gasteiger partial charge in [-0.15, -0.1) is 0 Å². The summed E-state index contributed by atoms with van der Waals surface area (Å²) in [6.07, 6.45) is 2.62. The van der Waals surface area contributed by atoms with Crippen LogP contribution in [-0.4, -0.2) is 67.6 Å². The Hall–Kier alpha value is -2.03. The second-order valence-corrected chi connectivity index (χ2v) is 7.23. The fourth-order valence-corrected chi connectivity index (χ4v) is 3.65. The largest absolute Gasteiger partial charge is 0.493 e. The van der Waals surface area contributed by atoms with Gasteiger partial charge in [-0.2, -0.15) is 0 Å². The number of rotatable bonds is 7. The van der Waals surface area contributed by atoms with Gasteiger partial charge in [-0.25, -0.2) is 0 Å². The monoisotopic (exact) mass is 392 g/mol. The van der Waals surface area contributed by atoms with E-state index in [1.165, 1.54) is 4.90 Å². The maximum atomic E-state index is 12.7. The molecule has 7 nitrogen and oxygen atoms in total. The van der Waals surface area contributed by atoms with E-state index in [2.05, 4.69) is 0 Å². The number of hydrogen-bond donors (Lipinski definition) is 0. The molecule has 8 heteroatoms. The number of thioether (sulfide) groups is 1. The van der Waals surface area contributed by atoms with Gasteiger partial charge < -0.3 is 14.2 Å². The van der Waals surface area contributed by atoms with Crippen LogP contribution < -0.4 is 9.47 Å². The molecule has 0 atom stereocenters. The predicted octanol–water partition coefficient (Wildman–Crippen LogP) is 2.81. The topological polar surface area (TPSA) is 68.3 Å². The molecule has 2 fully saturated rings. The standard InChI is InChI=1S/C19H24N2O5S/c1-3-8-26-15-5-4-14(11-16(15)24-2)12-17-18(22)21(19(23)27-17)13-20-6-9-25-10-7-20/h4-5,11-12H,3,6-10,13H2,1-2H3/b17-12+. The molecule has 0 bridgehead atoms. The Morgan fingerprint density at radius 3 is 2.70 bits per heavy atom. The molecule has 0 saturated carbocycles. The van der Waals surface area contributed by atoms with Crippen LogP contribution in [0.3, 0.4) is 0 Å². The van der Waals surface area contributed by atoms with E-state index >= 15 is 0 Å². The molecule has 3 rings (SSSR count). The number of methoxy groups -OCH3 is 1. The minimum Gasteiger partial charge on any atom is -0.493 e. The summed E-state index contributed by atoms with van der Waals surface area (Å²) in [6.45, 7) is 5.63. The summed E-state index contributed by atoms with van der Waals surface area (Å²) in [5.41, 5.74) is 0.785. The molecular weight excluding hydrogens is 368 g/mol. The molecule has 0 aliphatic carbocycles. The van der Waals surface area contributed by atoms with Crippen LogP contribution in [0.15, 0.2) is 23.1 Å². The van der Waals surface area contributed by atoms with E-state index in [1.54, 1.807) is 19.3 Å². The molecule has 27 heavy (non-hydrogen) atoms. The summed E-state index contributed by atoms with van der Waals surface area (Å²) in [5.74, 6) is 1.00. The summed E-state index contributed by atoms with van der Waals surface area (Å²) in [4.78, 5) is 28.7. The van der Waals surface area contributed by atoms with Gasteiger partial charge in [0.05, 0.1) is 38.5 Å². The normalized spacial score (nSPS) is 19.8. The van der Waals surface area contributed by atoms with Gasteiger partial charge in [0.25, 0.3) is 11.1 Å². The molecule has 2 aliphatic heterocycles. The molecule has 0 spiro atoms. The van der Waals surface area contributed by atoms with Crippen molar-refractivity contribution >= 4 is 29.0 Å². The van der Waals surface area contributed by atoms with Crippen molar-refractivity contribution in [3.63, 3.8) is 0 Å². The summed E-state index contributed by atoms with van der Waals surface area (Å²) in [5, 5.41) is -0.243. The van der Waals surface area contributed by atoms with Crippen molar-refractivity contribution in [2.45, 2.75) is 13.3 Å². The van der Waals surface area contributed by atoms with Crippen LogP contribution >= 0.6 is 11.8 Å². The number of ether oxygens (including phenoxy) is 3. The zero-order chi connectivity index (χ0) is 19.2. The van der Waals surface area contributed by atoms with Crippen molar-refractivity contribution in [3.8, 4) is 11.5 Å². The van der Waals surface area contributed by atoms with Gasteiger partial charge in [0.15, 0.2) is 11.5 Å². The van der Waals surface area contributed by atoms with Crippen LogP contribution in [0.4, 0.5) is 4.79 Å². The lowest BCUT2D eigenvalue weighted by Gasteiger charge is -2.29. The number of morpholine rings is 1. The molecule has 2 saturated heterocycles. The number of benzene rings is 1. The molecule has 2 aliphatic rings. The van der Waals surface area contributed by atoms with Crippen molar-refractivity contribution < 1.29 is 23.8 Å². The van der Waals surface area contributed by atoms with E-state index in [1.807, 2.05) is 24.0 Å². The summed E-state index contributed by atoms with van der Waals surface area (Å²) in [7, 11) is 1.58. The van der Waals surface area contributed by atoms with Crippen LogP contribution in [0.2, 0.25) is 0 Å². The van der Waals surface area contributed by atoms with E-state index in [4.69, 9.17) is 14.2 Å². The maximum Gasteiger partial charge on any atom is 0.294 e. The molecule has 0 aromatic heterocycles. The Morgan fingerprint density at radius 2 is 2.00 bits per heavy atom. The van der Waals surface area contributed by atoms with E-state index in [0.29, 0.717) is 42.9 Å². The average Bonchev–Trinajstić information content (AvgIpc) is 2.95. The summed E-state index contributed by atoms with van der Waals surface area (Å²) < 4.78 is 16.3. The van der Waals surface area contributed by atoms with Crippen LogP contribution in [-0.2, 0) is 9.53 Å². The first kappa shape index (κ1) is 19.7. The first-order valence-corrected chi connectivity index (χ1v) is 9.80. The number of nitrogens with zero attached hydrogens (tertiary/aromatic N) is 2. The number of carbonyl (C=O) groups is 2. The Balaban J connectivity index is 1.72. The molecule has 1 aromatic carbocycles. The second-order valence-electron chi connectivity index (χ2n) is 6.24. The third kappa shape index (κ3) is 4.82. The highest BCUT2D eigenvalue weighted by Crippen LogP contribution is 2.34. The minimum absolute atomic E-state index is 0.243. The van der Waals surface area contributed by atoms with Gasteiger partial charge in [0.2, 0.25) is 0 Å². The second kappa shape index (κ2) is 9.25. The van der Waals surface area contributed by atoms with Gasteiger partial charge in [-0.3, -0.25) is 19.4 Å². The first-order chi connectivity index (χ1) is 13.1. The predicted molar refractivity (Wildman–Crippen MR) is 104 cm³/mol. The van der Waals surface area contributed by atoms with Crippen molar-refractivity contribution in [2.24, 2.45) is 0 Å². The molecule has 1 aromatic rings. The minimum atomic E-state index is -0.262. The molecule has 2 amide bonds. The van der Waals surface area contributed by atoms with Crippen LogP contribution in [0.5, 0.6) is 11.5 Å². The number of carbonyl (C=O) groups excluding carboxylic acids is 2. The van der Waals surface area contributed by atoms with Gasteiger partial charge in [0, 0.05) is 13.1 Å². The van der Waals surface area contributed by atoms with Gasteiger partial charge >= 0.3 is 0 Å². The Morgan fingerprint density at radius 1 is 1.22 bits per heavy atom. The number of hydrogen-bond acceptors (Lipinski definition) is 7. The molecular formula is C19H24N2O5S. The van der Waals surface area contributed by atoms with Crippen LogP contribution in [0.25, 0.3) is 6.08 Å². The van der Waals surface area contributed by atoms with Crippen molar-refractivity contribution in [1.29, 1.82) is 0 Å². The van der Waals surface area contributed by atoms with Gasteiger partial charge in [0.1, 0.15) is 0 Å². The third-order valence-corrected chi connectivity index (χ3v) is 5.17. The van der Waals surface area contributed by atoms with E-state index in [9.17, 15) is 9.59 Å². The molecule has 0 radical (unpaired) electrons. The lowest BCUT2D eigenvalue weighted by atomic mass is 10.2. The average molecular weight is 392 g/mol. The van der Waals surface area contributed by atoms with Gasteiger partial charge in [-0.05, 0) is 42.0 Å². The van der Waals surface area contributed by atoms with Crippen molar-refractivity contribution in [2.75, 3.05) is 46.7 Å². The lowest BCUT2D eigenvalue weighted by Crippen LogP contribution is -2.45. The molecule has 0 unspecified atom stereocenters. The Kier molecular flexibility index (Phi) is 6.76. The fourth-order valence-electron chi connectivity index (χ4n) is 2.82. The lowest BCUT2D eigenvalue weighted by molar-refractivity contribution is -0.125. The highest BCUT2D eigenvalue weighted by molar-refractivity contribution is 8.18. The van der Waals surface area contributed by atoms with E-state index in [-0.39, 0.29) is 11.1 Å². The number of imide groups is 1. The molecule has 0 N–H and O–H groups in total. The van der Waals surface area contributed by atoms with Crippen molar-refractivity contribution in [1.82, 2.24) is 9.80 Å². The maximum absolute atomic E-state index is 12.7. The third-order valence-electron chi connectivity index (χ3n) is 4.27. The first-order valence-electron chi connectivity index (χ1n) is 8.98.